The van der Waals surface area contributed by atoms with E-state index < -0.39 is 9.04 Å². The second-order valence-electron chi connectivity index (χ2n) is 5.77. The van der Waals surface area contributed by atoms with Gasteiger partial charge in [-0.2, -0.15) is 0 Å². The Kier molecular flexibility index (Phi) is 4.65. The first-order chi connectivity index (χ1) is 6.55. The SMILES string of the molecule is CO[SiH](C1CCCCCC1)C(C)(C)C. The Morgan fingerprint density at radius 2 is 1.50 bits per heavy atom. The first-order valence-corrected chi connectivity index (χ1v) is 7.80. The van der Waals surface area contributed by atoms with Gasteiger partial charge >= 0.3 is 0 Å². The van der Waals surface area contributed by atoms with Crippen LogP contribution >= 0.6 is 0 Å². The third kappa shape index (κ3) is 3.39. The fraction of sp³-hybridized carbons (Fsp3) is 1.00. The fourth-order valence-electron chi connectivity index (χ4n) is 2.87. The van der Waals surface area contributed by atoms with E-state index in [0.717, 1.165) is 5.54 Å². The molecule has 14 heavy (non-hydrogen) atoms. The van der Waals surface area contributed by atoms with Crippen molar-refractivity contribution in [3.63, 3.8) is 0 Å². The predicted molar refractivity (Wildman–Crippen MR) is 65.3 cm³/mol. The molecule has 0 aromatic rings. The molecule has 1 atom stereocenters. The molecule has 0 radical (unpaired) electrons. The first-order valence-electron chi connectivity index (χ1n) is 6.08. The Hall–Kier alpha value is 0.177. The molecule has 0 heterocycles. The Morgan fingerprint density at radius 3 is 1.86 bits per heavy atom. The van der Waals surface area contributed by atoms with E-state index >= 15 is 0 Å². The number of hydrogen-bond acceptors (Lipinski definition) is 1. The lowest BCUT2D eigenvalue weighted by molar-refractivity contribution is 0.368. The van der Waals surface area contributed by atoms with Crippen LogP contribution in [0.2, 0.25) is 10.6 Å². The molecular weight excluding hydrogens is 188 g/mol. The van der Waals surface area contributed by atoms with E-state index in [1.54, 1.807) is 0 Å². The van der Waals surface area contributed by atoms with Crippen molar-refractivity contribution in [1.82, 2.24) is 0 Å². The van der Waals surface area contributed by atoms with Gasteiger partial charge in [-0.15, -0.1) is 0 Å². The molecule has 1 saturated carbocycles. The molecule has 1 aliphatic rings. The van der Waals surface area contributed by atoms with Gasteiger partial charge in [0.05, 0.1) is 0 Å². The minimum absolute atomic E-state index is 0.434. The zero-order valence-electron chi connectivity index (χ0n) is 10.3. The average molecular weight is 214 g/mol. The quantitative estimate of drug-likeness (QED) is 0.501. The summed E-state index contributed by atoms with van der Waals surface area (Å²) >= 11 is 0. The lowest BCUT2D eigenvalue weighted by Gasteiger charge is -2.33. The van der Waals surface area contributed by atoms with E-state index in [1.165, 1.54) is 38.5 Å². The third-order valence-corrected chi connectivity index (χ3v) is 7.17. The van der Waals surface area contributed by atoms with Gasteiger partial charge in [-0.25, -0.2) is 0 Å². The van der Waals surface area contributed by atoms with Gasteiger partial charge in [-0.1, -0.05) is 59.3 Å². The minimum Gasteiger partial charge on any atom is -0.422 e. The van der Waals surface area contributed by atoms with Gasteiger partial charge in [0.25, 0.3) is 0 Å². The zero-order chi connectivity index (χ0) is 10.6. The monoisotopic (exact) mass is 214 g/mol. The van der Waals surface area contributed by atoms with Crippen LogP contribution in [-0.2, 0) is 4.43 Å². The zero-order valence-corrected chi connectivity index (χ0v) is 11.5. The summed E-state index contributed by atoms with van der Waals surface area (Å²) < 4.78 is 5.85. The Balaban J connectivity index is 2.58. The summed E-state index contributed by atoms with van der Waals surface area (Å²) in [4.78, 5) is 0. The molecule has 0 spiro atoms. The fourth-order valence-corrected chi connectivity index (χ4v) is 6.45. The summed E-state index contributed by atoms with van der Waals surface area (Å²) in [6, 6.07) is 0. The summed E-state index contributed by atoms with van der Waals surface area (Å²) in [7, 11) is 0.926. The van der Waals surface area contributed by atoms with Crippen LogP contribution in [0.3, 0.4) is 0 Å². The second kappa shape index (κ2) is 5.31. The van der Waals surface area contributed by atoms with E-state index in [4.69, 9.17) is 4.43 Å². The highest BCUT2D eigenvalue weighted by atomic mass is 28.3. The van der Waals surface area contributed by atoms with Gasteiger partial charge in [-0.3, -0.25) is 0 Å². The van der Waals surface area contributed by atoms with E-state index in [0.29, 0.717) is 5.04 Å². The van der Waals surface area contributed by atoms with Crippen molar-refractivity contribution in [2.24, 2.45) is 0 Å². The summed E-state index contributed by atoms with van der Waals surface area (Å²) in [5, 5.41) is 0.434. The lowest BCUT2D eigenvalue weighted by Crippen LogP contribution is -2.33. The van der Waals surface area contributed by atoms with Crippen molar-refractivity contribution in [2.75, 3.05) is 7.11 Å². The molecule has 2 heteroatoms. The molecule has 0 N–H and O–H groups in total. The van der Waals surface area contributed by atoms with Crippen LogP contribution in [0.4, 0.5) is 0 Å². The summed E-state index contributed by atoms with van der Waals surface area (Å²) in [6.45, 7) is 7.08. The van der Waals surface area contributed by atoms with Crippen LogP contribution in [0.15, 0.2) is 0 Å². The van der Waals surface area contributed by atoms with Gasteiger partial charge in [0, 0.05) is 7.11 Å². The molecule has 1 fully saturated rings. The van der Waals surface area contributed by atoms with Crippen molar-refractivity contribution in [3.05, 3.63) is 0 Å². The highest BCUT2D eigenvalue weighted by molar-refractivity contribution is 6.57. The normalized spacial score (nSPS) is 23.1. The maximum atomic E-state index is 5.85. The Labute approximate surface area is 91.0 Å². The smallest absolute Gasteiger partial charge is 0.184 e. The molecule has 0 aliphatic heterocycles. The maximum absolute atomic E-state index is 5.85. The van der Waals surface area contributed by atoms with Crippen LogP contribution in [0.5, 0.6) is 0 Å². The second-order valence-corrected chi connectivity index (χ2v) is 9.76. The number of hydrogen-bond donors (Lipinski definition) is 0. The highest BCUT2D eigenvalue weighted by Gasteiger charge is 2.34. The standard InChI is InChI=1S/C12H26OSi/c1-12(2,3)14(13-4)11-9-7-5-6-8-10-11/h11,14H,5-10H2,1-4H3. The molecule has 1 aliphatic carbocycles. The summed E-state index contributed by atoms with van der Waals surface area (Å²) in [5.74, 6) is 0. The molecule has 0 aromatic carbocycles. The topological polar surface area (TPSA) is 9.23 Å². The largest absolute Gasteiger partial charge is 0.422 e. The molecule has 0 saturated heterocycles. The van der Waals surface area contributed by atoms with Crippen molar-refractivity contribution < 1.29 is 4.43 Å². The number of rotatable bonds is 2. The Bertz CT molecular complexity index is 154. The predicted octanol–water partition coefficient (Wildman–Crippen LogP) is 3.88. The van der Waals surface area contributed by atoms with Crippen LogP contribution in [0.1, 0.15) is 59.3 Å². The van der Waals surface area contributed by atoms with Crippen molar-refractivity contribution in [3.8, 4) is 0 Å². The first kappa shape index (κ1) is 12.2. The molecule has 84 valence electrons. The van der Waals surface area contributed by atoms with Crippen LogP contribution in [-0.4, -0.2) is 16.2 Å². The van der Waals surface area contributed by atoms with Gasteiger partial charge in [0.2, 0.25) is 0 Å². The summed E-state index contributed by atoms with van der Waals surface area (Å²) in [5.41, 5.74) is 0.933. The van der Waals surface area contributed by atoms with Crippen molar-refractivity contribution in [2.45, 2.75) is 69.9 Å². The van der Waals surface area contributed by atoms with Gasteiger partial charge in [-0.05, 0) is 10.6 Å². The minimum atomic E-state index is -1.01. The molecule has 1 rings (SSSR count). The van der Waals surface area contributed by atoms with Crippen molar-refractivity contribution in [1.29, 1.82) is 0 Å². The summed E-state index contributed by atoms with van der Waals surface area (Å²) in [6.07, 6.45) is 8.64. The average Bonchev–Trinajstić information content (AvgIpc) is 2.31. The molecule has 0 amide bonds. The van der Waals surface area contributed by atoms with E-state index in [2.05, 4.69) is 20.8 Å². The van der Waals surface area contributed by atoms with Crippen LogP contribution < -0.4 is 0 Å². The molecule has 0 aromatic heterocycles. The molecule has 1 nitrogen and oxygen atoms in total. The molecule has 0 bridgehead atoms. The van der Waals surface area contributed by atoms with E-state index in [-0.39, 0.29) is 0 Å². The van der Waals surface area contributed by atoms with Crippen LogP contribution in [0.25, 0.3) is 0 Å². The Morgan fingerprint density at radius 1 is 1.00 bits per heavy atom. The lowest BCUT2D eigenvalue weighted by atomic mass is 10.2. The van der Waals surface area contributed by atoms with Gasteiger partial charge < -0.3 is 4.43 Å². The van der Waals surface area contributed by atoms with Gasteiger partial charge in [0.1, 0.15) is 0 Å². The van der Waals surface area contributed by atoms with Gasteiger partial charge in [0.15, 0.2) is 9.04 Å². The van der Waals surface area contributed by atoms with E-state index in [9.17, 15) is 0 Å². The molecular formula is C12H26OSi. The van der Waals surface area contributed by atoms with E-state index in [1.807, 2.05) is 7.11 Å². The van der Waals surface area contributed by atoms with Crippen molar-refractivity contribution >= 4 is 9.04 Å². The highest BCUT2D eigenvalue weighted by Crippen LogP contribution is 2.40. The third-order valence-electron chi connectivity index (χ3n) is 3.44. The maximum Gasteiger partial charge on any atom is 0.184 e. The van der Waals surface area contributed by atoms with Crippen LogP contribution in [0, 0.1) is 0 Å². The molecule has 1 unspecified atom stereocenters.